The Morgan fingerprint density at radius 2 is 2.06 bits per heavy atom. The molecule has 1 saturated carbocycles. The zero-order valence-corrected chi connectivity index (χ0v) is 11.0. The van der Waals surface area contributed by atoms with Crippen LogP contribution in [0.25, 0.3) is 0 Å². The summed E-state index contributed by atoms with van der Waals surface area (Å²) in [6.45, 7) is 0. The Morgan fingerprint density at radius 3 is 2.56 bits per heavy atom. The summed E-state index contributed by atoms with van der Waals surface area (Å²) in [5.41, 5.74) is 7.37. The summed E-state index contributed by atoms with van der Waals surface area (Å²) in [6, 6.07) is 8.89. The molecule has 2 aromatic rings. The first-order chi connectivity index (χ1) is 8.88. The van der Waals surface area contributed by atoms with E-state index in [-0.39, 0.29) is 6.04 Å². The molecule has 3 N–H and O–H groups in total. The van der Waals surface area contributed by atoms with Crippen LogP contribution in [0.15, 0.2) is 36.0 Å². The maximum atomic E-state index is 5.66. The van der Waals surface area contributed by atoms with Crippen molar-refractivity contribution in [3.05, 3.63) is 52.0 Å². The molecule has 1 aliphatic carbocycles. The van der Waals surface area contributed by atoms with Gasteiger partial charge in [-0.15, -0.1) is 11.3 Å². The fourth-order valence-electron chi connectivity index (χ4n) is 2.41. The van der Waals surface area contributed by atoms with Crippen molar-refractivity contribution in [2.45, 2.75) is 31.2 Å². The van der Waals surface area contributed by atoms with Crippen molar-refractivity contribution in [1.29, 1.82) is 0 Å². The van der Waals surface area contributed by atoms with Crippen molar-refractivity contribution in [3.8, 4) is 0 Å². The molecule has 3 rings (SSSR count). The van der Waals surface area contributed by atoms with E-state index in [2.05, 4.69) is 34.7 Å². The number of aromatic nitrogens is 1. The molecule has 1 aliphatic rings. The summed E-state index contributed by atoms with van der Waals surface area (Å²) in [4.78, 5) is 5.25. The minimum absolute atomic E-state index is 0.0490. The number of rotatable bonds is 4. The van der Waals surface area contributed by atoms with Gasteiger partial charge in [-0.2, -0.15) is 0 Å². The zero-order valence-electron chi connectivity index (χ0n) is 10.2. The highest BCUT2D eigenvalue weighted by molar-refractivity contribution is 7.09. The van der Waals surface area contributed by atoms with Crippen LogP contribution in [0.4, 0.5) is 0 Å². The first-order valence-corrected chi connectivity index (χ1v) is 7.21. The van der Waals surface area contributed by atoms with Gasteiger partial charge in [-0.3, -0.25) is 10.8 Å². The van der Waals surface area contributed by atoms with Crippen molar-refractivity contribution in [2.24, 2.45) is 5.84 Å². The van der Waals surface area contributed by atoms with E-state index in [4.69, 9.17) is 5.84 Å². The number of benzene rings is 1. The first-order valence-electron chi connectivity index (χ1n) is 6.33. The highest BCUT2D eigenvalue weighted by atomic mass is 32.1. The molecule has 94 valence electrons. The van der Waals surface area contributed by atoms with E-state index in [9.17, 15) is 0 Å². The van der Waals surface area contributed by atoms with Crippen molar-refractivity contribution in [2.75, 3.05) is 0 Å². The molecule has 0 bridgehead atoms. The average Bonchev–Trinajstić information content (AvgIpc) is 2.84. The van der Waals surface area contributed by atoms with E-state index in [0.29, 0.717) is 0 Å². The number of nitrogens with two attached hydrogens (primary N) is 1. The molecular formula is C14H17N3S. The maximum Gasteiger partial charge on any atom is 0.0818 e. The van der Waals surface area contributed by atoms with Crippen molar-refractivity contribution in [3.63, 3.8) is 0 Å². The van der Waals surface area contributed by atoms with Crippen molar-refractivity contribution < 1.29 is 0 Å². The molecule has 4 heteroatoms. The van der Waals surface area contributed by atoms with Crippen LogP contribution in [0.3, 0.4) is 0 Å². The summed E-state index contributed by atoms with van der Waals surface area (Å²) in [5, 5.41) is 0. The summed E-state index contributed by atoms with van der Waals surface area (Å²) >= 11 is 1.62. The number of hydrazine groups is 1. The quantitative estimate of drug-likeness (QED) is 0.655. The van der Waals surface area contributed by atoms with Gasteiger partial charge in [-0.1, -0.05) is 30.7 Å². The van der Waals surface area contributed by atoms with Crippen LogP contribution < -0.4 is 11.3 Å². The van der Waals surface area contributed by atoms with Crippen LogP contribution in [0, 0.1) is 0 Å². The molecule has 0 amide bonds. The highest BCUT2D eigenvalue weighted by Crippen LogP contribution is 2.36. The largest absolute Gasteiger partial charge is 0.271 e. The summed E-state index contributed by atoms with van der Waals surface area (Å²) in [5.74, 6) is 6.44. The second kappa shape index (κ2) is 5.18. The number of nitrogens with zero attached hydrogens (tertiary/aromatic N) is 1. The van der Waals surface area contributed by atoms with E-state index in [1.54, 1.807) is 11.3 Å². The van der Waals surface area contributed by atoms with Gasteiger partial charge < -0.3 is 0 Å². The van der Waals surface area contributed by atoms with Crippen LogP contribution in [-0.4, -0.2) is 4.98 Å². The fraction of sp³-hybridized carbons (Fsp3) is 0.357. The topological polar surface area (TPSA) is 50.9 Å². The average molecular weight is 259 g/mol. The lowest BCUT2D eigenvalue weighted by molar-refractivity contribution is 0.419. The standard InChI is InChI=1S/C14H17N3S/c15-17-14(13-8-16-9-18-13)12-6-4-11(5-7-12)10-2-1-3-10/h4-10,14,17H,1-3,15H2. The minimum atomic E-state index is 0.0490. The van der Waals surface area contributed by atoms with E-state index in [1.807, 2.05) is 11.7 Å². The first kappa shape index (κ1) is 11.8. The highest BCUT2D eigenvalue weighted by Gasteiger charge is 2.20. The summed E-state index contributed by atoms with van der Waals surface area (Å²) in [7, 11) is 0. The van der Waals surface area contributed by atoms with Gasteiger partial charge in [0.05, 0.1) is 11.6 Å². The Labute approximate surface area is 111 Å². The van der Waals surface area contributed by atoms with E-state index in [0.717, 1.165) is 10.8 Å². The maximum absolute atomic E-state index is 5.66. The molecule has 1 atom stereocenters. The molecular weight excluding hydrogens is 242 g/mol. The van der Waals surface area contributed by atoms with Gasteiger partial charge >= 0.3 is 0 Å². The lowest BCUT2D eigenvalue weighted by atomic mass is 9.80. The van der Waals surface area contributed by atoms with Gasteiger partial charge in [-0.05, 0) is 29.9 Å². The third-order valence-electron chi connectivity index (χ3n) is 3.75. The fourth-order valence-corrected chi connectivity index (χ4v) is 3.12. The third-order valence-corrected chi connectivity index (χ3v) is 4.59. The molecule has 0 saturated heterocycles. The van der Waals surface area contributed by atoms with Gasteiger partial charge in [-0.25, -0.2) is 5.43 Å². The van der Waals surface area contributed by atoms with Crippen LogP contribution in [0.5, 0.6) is 0 Å². The number of thiazole rings is 1. The van der Waals surface area contributed by atoms with Gasteiger partial charge in [0.25, 0.3) is 0 Å². The SMILES string of the molecule is NNC(c1ccc(C2CCC2)cc1)c1cncs1. The van der Waals surface area contributed by atoms with E-state index >= 15 is 0 Å². The predicted molar refractivity (Wildman–Crippen MR) is 74.3 cm³/mol. The summed E-state index contributed by atoms with van der Waals surface area (Å²) in [6.07, 6.45) is 5.93. The molecule has 0 spiro atoms. The molecule has 1 fully saturated rings. The van der Waals surface area contributed by atoms with Gasteiger partial charge in [0.1, 0.15) is 0 Å². The Bertz CT molecular complexity index is 488. The molecule has 3 nitrogen and oxygen atoms in total. The Morgan fingerprint density at radius 1 is 1.28 bits per heavy atom. The molecule has 1 aromatic carbocycles. The van der Waals surface area contributed by atoms with E-state index in [1.165, 1.54) is 30.4 Å². The molecule has 1 aromatic heterocycles. The van der Waals surface area contributed by atoms with Crippen molar-refractivity contribution >= 4 is 11.3 Å². The Hall–Kier alpha value is -1.23. The molecule has 18 heavy (non-hydrogen) atoms. The molecule has 1 heterocycles. The normalized spacial score (nSPS) is 17.4. The predicted octanol–water partition coefficient (Wildman–Crippen LogP) is 2.96. The molecule has 0 radical (unpaired) electrons. The summed E-state index contributed by atoms with van der Waals surface area (Å²) < 4.78 is 0. The van der Waals surface area contributed by atoms with Gasteiger partial charge in [0, 0.05) is 11.1 Å². The lowest BCUT2D eigenvalue weighted by Gasteiger charge is -2.26. The Balaban J connectivity index is 1.82. The number of nitrogens with one attached hydrogen (secondary N) is 1. The second-order valence-corrected chi connectivity index (χ2v) is 5.72. The van der Waals surface area contributed by atoms with Crippen molar-refractivity contribution in [1.82, 2.24) is 10.4 Å². The third kappa shape index (κ3) is 2.19. The zero-order chi connectivity index (χ0) is 12.4. The number of hydrogen-bond acceptors (Lipinski definition) is 4. The monoisotopic (exact) mass is 259 g/mol. The van der Waals surface area contributed by atoms with Crippen LogP contribution in [0.1, 0.15) is 47.2 Å². The number of hydrogen-bond donors (Lipinski definition) is 2. The molecule has 0 aliphatic heterocycles. The van der Waals surface area contributed by atoms with Crippen LogP contribution in [-0.2, 0) is 0 Å². The van der Waals surface area contributed by atoms with Gasteiger partial charge in [0.15, 0.2) is 0 Å². The molecule has 1 unspecified atom stereocenters. The minimum Gasteiger partial charge on any atom is -0.271 e. The van der Waals surface area contributed by atoms with Crippen LogP contribution in [0.2, 0.25) is 0 Å². The van der Waals surface area contributed by atoms with Gasteiger partial charge in [0.2, 0.25) is 0 Å². The Kier molecular flexibility index (Phi) is 3.41. The van der Waals surface area contributed by atoms with Crippen LogP contribution >= 0.6 is 11.3 Å². The van der Waals surface area contributed by atoms with E-state index < -0.39 is 0 Å². The second-order valence-electron chi connectivity index (χ2n) is 4.80. The smallest absolute Gasteiger partial charge is 0.0818 e. The lowest BCUT2D eigenvalue weighted by Crippen LogP contribution is -2.28.